The molecule has 0 amide bonds. The summed E-state index contributed by atoms with van der Waals surface area (Å²) >= 11 is 1.78. The highest BCUT2D eigenvalue weighted by Gasteiger charge is 2.46. The minimum absolute atomic E-state index is 0.202. The molecule has 1 aliphatic rings. The summed E-state index contributed by atoms with van der Waals surface area (Å²) in [5.74, 6) is 0.674. The zero-order valence-electron chi connectivity index (χ0n) is 12.3. The largest absolute Gasteiger partial charge is 0.358 e. The number of ether oxygens (including phenoxy) is 1. The summed E-state index contributed by atoms with van der Waals surface area (Å²) in [6, 6.07) is 0. The SMILES string of the molecule is CC(C)CNCc1nc2c(s1)C(C)(C)OC2(C)C. The summed E-state index contributed by atoms with van der Waals surface area (Å²) < 4.78 is 6.07. The van der Waals surface area contributed by atoms with Gasteiger partial charge in [-0.05, 0) is 40.2 Å². The van der Waals surface area contributed by atoms with Gasteiger partial charge in [0, 0.05) is 6.54 Å². The van der Waals surface area contributed by atoms with E-state index in [0.717, 1.165) is 18.8 Å². The zero-order chi connectivity index (χ0) is 13.6. The van der Waals surface area contributed by atoms with Crippen molar-refractivity contribution in [3.8, 4) is 0 Å². The van der Waals surface area contributed by atoms with E-state index in [9.17, 15) is 0 Å². The highest BCUT2D eigenvalue weighted by molar-refractivity contribution is 7.12. The summed E-state index contributed by atoms with van der Waals surface area (Å²) in [7, 11) is 0. The zero-order valence-corrected chi connectivity index (χ0v) is 13.1. The molecular weight excluding hydrogens is 244 g/mol. The molecule has 1 aromatic heterocycles. The van der Waals surface area contributed by atoms with E-state index >= 15 is 0 Å². The van der Waals surface area contributed by atoms with Crippen molar-refractivity contribution in [1.82, 2.24) is 10.3 Å². The van der Waals surface area contributed by atoms with Gasteiger partial charge in [-0.15, -0.1) is 11.3 Å². The van der Waals surface area contributed by atoms with Crippen LogP contribution in [-0.2, 0) is 22.5 Å². The Morgan fingerprint density at radius 3 is 2.44 bits per heavy atom. The summed E-state index contributed by atoms with van der Waals surface area (Å²) in [4.78, 5) is 6.05. The second kappa shape index (κ2) is 4.58. The maximum Gasteiger partial charge on any atom is 0.107 e. The molecule has 0 unspecified atom stereocenters. The van der Waals surface area contributed by atoms with Gasteiger partial charge in [0.1, 0.15) is 10.6 Å². The predicted molar refractivity (Wildman–Crippen MR) is 75.8 cm³/mol. The molecule has 102 valence electrons. The van der Waals surface area contributed by atoms with Gasteiger partial charge in [-0.25, -0.2) is 4.98 Å². The monoisotopic (exact) mass is 268 g/mol. The summed E-state index contributed by atoms with van der Waals surface area (Å²) in [6.45, 7) is 14.8. The number of nitrogens with zero attached hydrogens (tertiary/aromatic N) is 1. The fourth-order valence-corrected chi connectivity index (χ4v) is 3.68. The third-order valence-electron chi connectivity index (χ3n) is 3.13. The quantitative estimate of drug-likeness (QED) is 0.909. The maximum atomic E-state index is 6.07. The van der Waals surface area contributed by atoms with Gasteiger partial charge in [0.25, 0.3) is 0 Å². The van der Waals surface area contributed by atoms with Crippen LogP contribution in [0.2, 0.25) is 0 Å². The molecule has 2 heterocycles. The second-order valence-corrected chi connectivity index (χ2v) is 7.52. The highest BCUT2D eigenvalue weighted by Crippen LogP contribution is 2.48. The molecule has 0 radical (unpaired) electrons. The molecule has 18 heavy (non-hydrogen) atoms. The molecular formula is C14H24N2OS. The molecule has 3 nitrogen and oxygen atoms in total. The predicted octanol–water partition coefficient (Wildman–Crippen LogP) is 3.39. The van der Waals surface area contributed by atoms with Crippen LogP contribution in [-0.4, -0.2) is 11.5 Å². The first kappa shape index (κ1) is 14.0. The van der Waals surface area contributed by atoms with Crippen LogP contribution in [0.5, 0.6) is 0 Å². The van der Waals surface area contributed by atoms with Crippen molar-refractivity contribution in [2.24, 2.45) is 5.92 Å². The van der Waals surface area contributed by atoms with Crippen LogP contribution < -0.4 is 5.32 Å². The van der Waals surface area contributed by atoms with Gasteiger partial charge in [-0.1, -0.05) is 13.8 Å². The van der Waals surface area contributed by atoms with Gasteiger partial charge in [0.05, 0.1) is 16.2 Å². The number of rotatable bonds is 4. The first-order valence-electron chi connectivity index (χ1n) is 6.64. The van der Waals surface area contributed by atoms with Gasteiger partial charge in [0.15, 0.2) is 0 Å². The highest BCUT2D eigenvalue weighted by atomic mass is 32.1. The minimum atomic E-state index is -0.258. The number of nitrogens with one attached hydrogen (secondary N) is 1. The molecule has 4 heteroatoms. The van der Waals surface area contributed by atoms with Crippen molar-refractivity contribution < 1.29 is 4.74 Å². The first-order valence-corrected chi connectivity index (χ1v) is 7.45. The summed E-state index contributed by atoms with van der Waals surface area (Å²) in [6.07, 6.45) is 0. The van der Waals surface area contributed by atoms with E-state index in [-0.39, 0.29) is 11.2 Å². The fourth-order valence-electron chi connectivity index (χ4n) is 2.46. The Morgan fingerprint density at radius 2 is 1.89 bits per heavy atom. The third-order valence-corrected chi connectivity index (χ3v) is 4.49. The normalized spacial score (nSPS) is 20.4. The average molecular weight is 268 g/mol. The Bertz CT molecular complexity index is 404. The van der Waals surface area contributed by atoms with Gasteiger partial charge >= 0.3 is 0 Å². The lowest BCUT2D eigenvalue weighted by atomic mass is 10.0. The standard InChI is InChI=1S/C14H24N2OS/c1-9(2)7-15-8-10-16-11-12(18-10)14(5,6)17-13(11,3)4/h9,15H,7-8H2,1-6H3. The van der Waals surface area contributed by atoms with Crippen molar-refractivity contribution in [3.05, 3.63) is 15.6 Å². The lowest BCUT2D eigenvalue weighted by Gasteiger charge is -2.24. The lowest BCUT2D eigenvalue weighted by Crippen LogP contribution is -2.24. The van der Waals surface area contributed by atoms with Gasteiger partial charge in [0.2, 0.25) is 0 Å². The van der Waals surface area contributed by atoms with E-state index in [1.807, 2.05) is 0 Å². The lowest BCUT2D eigenvalue weighted by molar-refractivity contribution is -0.105. The summed E-state index contributed by atoms with van der Waals surface area (Å²) in [5.41, 5.74) is 0.664. The Morgan fingerprint density at radius 1 is 1.22 bits per heavy atom. The minimum Gasteiger partial charge on any atom is -0.358 e. The van der Waals surface area contributed by atoms with Gasteiger partial charge < -0.3 is 10.1 Å². The Kier molecular flexibility index (Phi) is 3.56. The van der Waals surface area contributed by atoms with Crippen molar-refractivity contribution in [3.63, 3.8) is 0 Å². The fraction of sp³-hybridized carbons (Fsp3) is 0.786. The van der Waals surface area contributed by atoms with Crippen molar-refractivity contribution in [2.45, 2.75) is 59.3 Å². The van der Waals surface area contributed by atoms with E-state index in [2.05, 4.69) is 46.9 Å². The topological polar surface area (TPSA) is 34.2 Å². The van der Waals surface area contributed by atoms with E-state index in [1.54, 1.807) is 11.3 Å². The molecule has 0 atom stereocenters. The maximum absolute atomic E-state index is 6.07. The van der Waals surface area contributed by atoms with Gasteiger partial charge in [-0.2, -0.15) is 0 Å². The van der Waals surface area contributed by atoms with Crippen LogP contribution in [0.4, 0.5) is 0 Å². The molecule has 0 aromatic carbocycles. The molecule has 1 aromatic rings. The number of thiazole rings is 1. The number of aromatic nitrogens is 1. The summed E-state index contributed by atoms with van der Waals surface area (Å²) in [5, 5.41) is 4.62. The second-order valence-electron chi connectivity index (χ2n) is 6.43. The van der Waals surface area contributed by atoms with E-state index in [0.29, 0.717) is 5.92 Å². The van der Waals surface area contributed by atoms with Crippen molar-refractivity contribution in [2.75, 3.05) is 6.54 Å². The molecule has 0 spiro atoms. The van der Waals surface area contributed by atoms with Crippen LogP contribution >= 0.6 is 11.3 Å². The molecule has 0 aliphatic carbocycles. The van der Waals surface area contributed by atoms with E-state index in [4.69, 9.17) is 9.72 Å². The third kappa shape index (κ3) is 2.60. The average Bonchev–Trinajstić information content (AvgIpc) is 2.66. The van der Waals surface area contributed by atoms with Crippen LogP contribution in [0.15, 0.2) is 0 Å². The number of hydrogen-bond donors (Lipinski definition) is 1. The number of fused-ring (bicyclic) bond motifs is 1. The van der Waals surface area contributed by atoms with Crippen molar-refractivity contribution in [1.29, 1.82) is 0 Å². The smallest absolute Gasteiger partial charge is 0.107 e. The van der Waals surface area contributed by atoms with E-state index in [1.165, 1.54) is 9.88 Å². The molecule has 0 bridgehead atoms. The van der Waals surface area contributed by atoms with Crippen LogP contribution in [0.3, 0.4) is 0 Å². The molecule has 1 aliphatic heterocycles. The number of hydrogen-bond acceptors (Lipinski definition) is 4. The van der Waals surface area contributed by atoms with Gasteiger partial charge in [-0.3, -0.25) is 0 Å². The Labute approximate surface area is 114 Å². The van der Waals surface area contributed by atoms with E-state index < -0.39 is 0 Å². The van der Waals surface area contributed by atoms with Crippen LogP contribution in [0, 0.1) is 5.92 Å². The Balaban J connectivity index is 2.14. The Hall–Kier alpha value is -0.450. The molecule has 2 rings (SSSR count). The molecule has 0 fully saturated rings. The first-order chi connectivity index (χ1) is 8.22. The molecule has 1 N–H and O–H groups in total. The van der Waals surface area contributed by atoms with Crippen LogP contribution in [0.25, 0.3) is 0 Å². The molecule has 0 saturated carbocycles. The van der Waals surface area contributed by atoms with Crippen LogP contribution in [0.1, 0.15) is 57.1 Å². The molecule has 0 saturated heterocycles. The van der Waals surface area contributed by atoms with Crippen molar-refractivity contribution >= 4 is 11.3 Å².